The van der Waals surface area contributed by atoms with Crippen molar-refractivity contribution in [3.63, 3.8) is 0 Å². The fraction of sp³-hybridized carbons (Fsp3) is 0.471. The molecule has 6 nitrogen and oxygen atoms in total. The van der Waals surface area contributed by atoms with E-state index in [0.29, 0.717) is 13.1 Å². The number of nitriles is 1. The third-order valence-electron chi connectivity index (χ3n) is 4.62. The molecule has 1 N–H and O–H groups in total. The van der Waals surface area contributed by atoms with Crippen molar-refractivity contribution in [3.8, 4) is 6.07 Å². The summed E-state index contributed by atoms with van der Waals surface area (Å²) < 4.78 is 41.0. The zero-order chi connectivity index (χ0) is 19.1. The Morgan fingerprint density at radius 2 is 1.96 bits per heavy atom. The SMILES string of the molecule is Cc1nc2cc(C(F)(F)F)c(CN3CCN(C)CC3)c(C#N)c2c(=O)[nH]1. The number of H-pyrrole nitrogens is 1. The van der Waals surface area contributed by atoms with Crippen molar-refractivity contribution >= 4 is 10.9 Å². The van der Waals surface area contributed by atoms with Crippen molar-refractivity contribution in [1.29, 1.82) is 5.26 Å². The van der Waals surface area contributed by atoms with Gasteiger partial charge in [-0.2, -0.15) is 18.4 Å². The number of alkyl halides is 3. The van der Waals surface area contributed by atoms with Gasteiger partial charge in [0.25, 0.3) is 5.56 Å². The number of benzene rings is 1. The van der Waals surface area contributed by atoms with E-state index in [1.54, 1.807) is 0 Å². The minimum Gasteiger partial charge on any atom is -0.310 e. The quantitative estimate of drug-likeness (QED) is 0.879. The Bertz CT molecular complexity index is 937. The van der Waals surface area contributed by atoms with Crippen LogP contribution in [0.1, 0.15) is 22.5 Å². The van der Waals surface area contributed by atoms with Crippen molar-refractivity contribution in [2.24, 2.45) is 0 Å². The molecule has 0 bridgehead atoms. The van der Waals surface area contributed by atoms with Crippen LogP contribution in [0.15, 0.2) is 10.9 Å². The monoisotopic (exact) mass is 365 g/mol. The summed E-state index contributed by atoms with van der Waals surface area (Å²) in [5, 5.41) is 9.46. The number of aryl methyl sites for hydroxylation is 1. The van der Waals surface area contributed by atoms with Crippen LogP contribution in [-0.2, 0) is 12.7 Å². The number of hydrogen-bond acceptors (Lipinski definition) is 5. The zero-order valence-corrected chi connectivity index (χ0v) is 14.4. The summed E-state index contributed by atoms with van der Waals surface area (Å²) in [6.07, 6.45) is -4.64. The minimum atomic E-state index is -4.64. The van der Waals surface area contributed by atoms with Gasteiger partial charge in [0.2, 0.25) is 0 Å². The maximum Gasteiger partial charge on any atom is 0.416 e. The molecule has 1 aromatic carbocycles. The Kier molecular flexibility index (Phi) is 4.73. The maximum absolute atomic E-state index is 13.7. The molecule has 0 saturated carbocycles. The topological polar surface area (TPSA) is 76.0 Å². The van der Waals surface area contributed by atoms with Crippen LogP contribution in [0.25, 0.3) is 10.9 Å². The lowest BCUT2D eigenvalue weighted by Gasteiger charge is -2.33. The van der Waals surface area contributed by atoms with Gasteiger partial charge in [-0.25, -0.2) is 4.98 Å². The Labute approximate surface area is 147 Å². The van der Waals surface area contributed by atoms with Crippen LogP contribution in [0.2, 0.25) is 0 Å². The lowest BCUT2D eigenvalue weighted by Crippen LogP contribution is -2.44. The summed E-state index contributed by atoms with van der Waals surface area (Å²) in [6.45, 7) is 4.11. The van der Waals surface area contributed by atoms with E-state index in [0.717, 1.165) is 19.2 Å². The van der Waals surface area contributed by atoms with Crippen LogP contribution in [0.4, 0.5) is 13.2 Å². The highest BCUT2D eigenvalue weighted by molar-refractivity contribution is 5.86. The predicted molar refractivity (Wildman–Crippen MR) is 89.6 cm³/mol. The summed E-state index contributed by atoms with van der Waals surface area (Å²) in [5.41, 5.74) is -2.02. The summed E-state index contributed by atoms with van der Waals surface area (Å²) in [5.74, 6) is 0.200. The number of fused-ring (bicyclic) bond motifs is 1. The third kappa shape index (κ3) is 3.43. The summed E-state index contributed by atoms with van der Waals surface area (Å²) in [7, 11) is 1.95. The summed E-state index contributed by atoms with van der Waals surface area (Å²) in [6, 6.07) is 2.69. The Morgan fingerprint density at radius 3 is 2.54 bits per heavy atom. The standard InChI is InChI=1S/C17H18F3N5O/c1-10-22-14-7-13(17(18,19)20)12(9-25-5-3-24(2)4-6-25)11(8-21)15(14)16(26)23-10/h7H,3-6,9H2,1-2H3,(H,22,23,26). The summed E-state index contributed by atoms with van der Waals surface area (Å²) in [4.78, 5) is 22.7. The minimum absolute atomic E-state index is 0.0329. The van der Waals surface area contributed by atoms with Crippen LogP contribution >= 0.6 is 0 Å². The molecule has 0 spiro atoms. The molecular weight excluding hydrogens is 347 g/mol. The summed E-state index contributed by atoms with van der Waals surface area (Å²) >= 11 is 0. The van der Waals surface area contributed by atoms with E-state index in [9.17, 15) is 23.2 Å². The first kappa shape index (κ1) is 18.4. The van der Waals surface area contributed by atoms with E-state index in [-0.39, 0.29) is 34.4 Å². The molecule has 2 aromatic rings. The molecule has 1 saturated heterocycles. The van der Waals surface area contributed by atoms with E-state index < -0.39 is 17.3 Å². The van der Waals surface area contributed by atoms with Crippen LogP contribution in [0.3, 0.4) is 0 Å². The fourth-order valence-electron chi connectivity index (χ4n) is 3.23. The number of likely N-dealkylation sites (N-methyl/N-ethyl adjacent to an activating group) is 1. The maximum atomic E-state index is 13.7. The van der Waals surface area contributed by atoms with Crippen LogP contribution in [0.5, 0.6) is 0 Å². The number of aromatic nitrogens is 2. The molecule has 0 atom stereocenters. The van der Waals surface area contributed by atoms with Gasteiger partial charge in [0.05, 0.1) is 22.0 Å². The van der Waals surface area contributed by atoms with Gasteiger partial charge in [0, 0.05) is 32.7 Å². The first-order valence-electron chi connectivity index (χ1n) is 8.15. The highest BCUT2D eigenvalue weighted by atomic mass is 19.4. The molecule has 2 heterocycles. The molecule has 0 unspecified atom stereocenters. The number of nitrogens with zero attached hydrogens (tertiary/aromatic N) is 4. The molecule has 9 heteroatoms. The molecule has 1 aliphatic rings. The molecule has 26 heavy (non-hydrogen) atoms. The van der Waals surface area contributed by atoms with Crippen LogP contribution < -0.4 is 5.56 Å². The van der Waals surface area contributed by atoms with E-state index in [2.05, 4.69) is 14.9 Å². The van der Waals surface area contributed by atoms with Gasteiger partial charge in [-0.3, -0.25) is 9.69 Å². The van der Waals surface area contributed by atoms with Crippen molar-refractivity contribution in [2.75, 3.05) is 33.2 Å². The van der Waals surface area contributed by atoms with Gasteiger partial charge in [0.1, 0.15) is 11.9 Å². The molecule has 3 rings (SSSR count). The Hall–Kier alpha value is -2.44. The van der Waals surface area contributed by atoms with Crippen molar-refractivity contribution in [3.05, 3.63) is 38.9 Å². The lowest BCUT2D eigenvalue weighted by molar-refractivity contribution is -0.138. The van der Waals surface area contributed by atoms with E-state index >= 15 is 0 Å². The largest absolute Gasteiger partial charge is 0.416 e. The number of piperazine rings is 1. The highest BCUT2D eigenvalue weighted by Crippen LogP contribution is 2.36. The molecule has 1 aromatic heterocycles. The number of aromatic amines is 1. The van der Waals surface area contributed by atoms with Gasteiger partial charge >= 0.3 is 6.18 Å². The smallest absolute Gasteiger partial charge is 0.310 e. The molecule has 0 amide bonds. The van der Waals surface area contributed by atoms with E-state index in [1.807, 2.05) is 18.0 Å². The number of hydrogen-bond donors (Lipinski definition) is 1. The average Bonchev–Trinajstić information content (AvgIpc) is 2.55. The van der Waals surface area contributed by atoms with Gasteiger partial charge in [-0.05, 0) is 25.6 Å². The predicted octanol–water partition coefficient (Wildman–Crippen LogP) is 1.87. The molecule has 0 radical (unpaired) electrons. The van der Waals surface area contributed by atoms with Crippen molar-refractivity contribution in [2.45, 2.75) is 19.6 Å². The molecule has 0 aliphatic carbocycles. The van der Waals surface area contributed by atoms with Crippen molar-refractivity contribution < 1.29 is 13.2 Å². The highest BCUT2D eigenvalue weighted by Gasteiger charge is 2.36. The van der Waals surface area contributed by atoms with Crippen LogP contribution in [0, 0.1) is 18.3 Å². The van der Waals surface area contributed by atoms with Gasteiger partial charge in [-0.15, -0.1) is 0 Å². The second-order valence-electron chi connectivity index (χ2n) is 6.51. The number of nitrogens with one attached hydrogen (secondary N) is 1. The first-order chi connectivity index (χ1) is 12.2. The third-order valence-corrected chi connectivity index (χ3v) is 4.62. The average molecular weight is 365 g/mol. The van der Waals surface area contributed by atoms with Gasteiger partial charge in [0.15, 0.2) is 0 Å². The number of rotatable bonds is 2. The Morgan fingerprint density at radius 1 is 1.31 bits per heavy atom. The zero-order valence-electron chi connectivity index (χ0n) is 14.4. The fourth-order valence-corrected chi connectivity index (χ4v) is 3.23. The molecular formula is C17H18F3N5O. The second kappa shape index (κ2) is 6.70. The molecule has 1 aliphatic heterocycles. The van der Waals surface area contributed by atoms with Crippen LogP contribution in [-0.4, -0.2) is 53.0 Å². The molecule has 138 valence electrons. The van der Waals surface area contributed by atoms with Gasteiger partial charge in [-0.1, -0.05) is 0 Å². The molecule has 1 fully saturated rings. The second-order valence-corrected chi connectivity index (χ2v) is 6.51. The lowest BCUT2D eigenvalue weighted by atomic mass is 9.96. The van der Waals surface area contributed by atoms with E-state index in [4.69, 9.17) is 0 Å². The van der Waals surface area contributed by atoms with Crippen molar-refractivity contribution in [1.82, 2.24) is 19.8 Å². The number of halogens is 3. The van der Waals surface area contributed by atoms with Gasteiger partial charge < -0.3 is 9.88 Å². The first-order valence-corrected chi connectivity index (χ1v) is 8.15. The van der Waals surface area contributed by atoms with E-state index in [1.165, 1.54) is 6.92 Å². The Balaban J connectivity index is 2.21. The normalized spacial score (nSPS) is 16.8.